The number of aryl methyl sites for hydroxylation is 2. The van der Waals surface area contributed by atoms with Crippen LogP contribution in [0.2, 0.25) is 0 Å². The highest BCUT2D eigenvalue weighted by molar-refractivity contribution is 5.22. The van der Waals surface area contributed by atoms with Crippen LogP contribution in [0.3, 0.4) is 0 Å². The molecule has 4 heteroatoms. The Kier molecular flexibility index (Phi) is 4.20. The molecular formula is C14H21N3O. The summed E-state index contributed by atoms with van der Waals surface area (Å²) in [5.74, 6) is 0.909. The standard InChI is InChI=1S/C14H21N3O/c1-4-6-15-8-13-5-7-17(9-13)10-14-11(2)16-18-12(14)3/h5,7,9,15H,4,6,8,10H2,1-3H3. The van der Waals surface area contributed by atoms with Crippen LogP contribution < -0.4 is 5.32 Å². The molecule has 0 fully saturated rings. The Bertz CT molecular complexity index is 479. The SMILES string of the molecule is CCCNCc1ccn(Cc2c(C)noc2C)c1. The van der Waals surface area contributed by atoms with Crippen molar-refractivity contribution >= 4 is 0 Å². The predicted octanol–water partition coefficient (Wildman–Crippen LogP) is 2.64. The van der Waals surface area contributed by atoms with Crippen LogP contribution in [-0.2, 0) is 13.1 Å². The van der Waals surface area contributed by atoms with Gasteiger partial charge in [0.1, 0.15) is 5.76 Å². The summed E-state index contributed by atoms with van der Waals surface area (Å²) in [5, 5.41) is 7.38. The van der Waals surface area contributed by atoms with E-state index in [1.165, 1.54) is 17.5 Å². The summed E-state index contributed by atoms with van der Waals surface area (Å²) in [7, 11) is 0. The molecule has 4 nitrogen and oxygen atoms in total. The lowest BCUT2D eigenvalue weighted by Crippen LogP contribution is -2.13. The van der Waals surface area contributed by atoms with Gasteiger partial charge in [-0.25, -0.2) is 0 Å². The minimum absolute atomic E-state index is 0.828. The summed E-state index contributed by atoms with van der Waals surface area (Å²) in [6, 6.07) is 2.15. The zero-order valence-electron chi connectivity index (χ0n) is 11.4. The lowest BCUT2D eigenvalue weighted by molar-refractivity contribution is 0.392. The van der Waals surface area contributed by atoms with Crippen molar-refractivity contribution in [1.29, 1.82) is 0 Å². The Morgan fingerprint density at radius 2 is 2.22 bits per heavy atom. The van der Waals surface area contributed by atoms with E-state index in [0.717, 1.165) is 31.1 Å². The van der Waals surface area contributed by atoms with E-state index < -0.39 is 0 Å². The van der Waals surface area contributed by atoms with Crippen LogP contribution in [0.15, 0.2) is 23.0 Å². The quantitative estimate of drug-likeness (QED) is 0.798. The maximum absolute atomic E-state index is 5.18. The minimum Gasteiger partial charge on any atom is -0.361 e. The van der Waals surface area contributed by atoms with Crippen molar-refractivity contribution in [3.63, 3.8) is 0 Å². The lowest BCUT2D eigenvalue weighted by Gasteiger charge is -2.02. The third-order valence-electron chi connectivity index (χ3n) is 3.09. The van der Waals surface area contributed by atoms with E-state index >= 15 is 0 Å². The van der Waals surface area contributed by atoms with Crippen LogP contribution >= 0.6 is 0 Å². The fraction of sp³-hybridized carbons (Fsp3) is 0.500. The minimum atomic E-state index is 0.828. The molecule has 18 heavy (non-hydrogen) atoms. The molecule has 0 amide bonds. The Morgan fingerprint density at radius 1 is 1.39 bits per heavy atom. The highest BCUT2D eigenvalue weighted by Crippen LogP contribution is 2.14. The van der Waals surface area contributed by atoms with Crippen molar-refractivity contribution < 1.29 is 4.52 Å². The van der Waals surface area contributed by atoms with Crippen molar-refractivity contribution in [1.82, 2.24) is 15.0 Å². The van der Waals surface area contributed by atoms with Crippen molar-refractivity contribution in [3.8, 4) is 0 Å². The molecule has 0 radical (unpaired) electrons. The van der Waals surface area contributed by atoms with Crippen molar-refractivity contribution in [3.05, 3.63) is 41.0 Å². The molecule has 0 spiro atoms. The summed E-state index contributed by atoms with van der Waals surface area (Å²) >= 11 is 0. The highest BCUT2D eigenvalue weighted by Gasteiger charge is 2.09. The van der Waals surface area contributed by atoms with Gasteiger partial charge in [-0.15, -0.1) is 0 Å². The molecule has 2 heterocycles. The second-order valence-corrected chi connectivity index (χ2v) is 4.67. The van der Waals surface area contributed by atoms with Gasteiger partial charge in [0, 0.05) is 24.5 Å². The van der Waals surface area contributed by atoms with Gasteiger partial charge in [0.25, 0.3) is 0 Å². The maximum Gasteiger partial charge on any atom is 0.138 e. The molecular weight excluding hydrogens is 226 g/mol. The molecule has 0 unspecified atom stereocenters. The number of nitrogens with zero attached hydrogens (tertiary/aromatic N) is 2. The molecule has 0 saturated heterocycles. The van der Waals surface area contributed by atoms with Gasteiger partial charge in [0.2, 0.25) is 0 Å². The molecule has 1 N–H and O–H groups in total. The van der Waals surface area contributed by atoms with E-state index in [-0.39, 0.29) is 0 Å². The number of hydrogen-bond donors (Lipinski definition) is 1. The molecule has 2 aromatic heterocycles. The number of nitrogens with one attached hydrogen (secondary N) is 1. The van der Waals surface area contributed by atoms with Gasteiger partial charge in [0.05, 0.1) is 12.2 Å². The Morgan fingerprint density at radius 3 is 2.89 bits per heavy atom. The number of aromatic nitrogens is 2. The second-order valence-electron chi connectivity index (χ2n) is 4.67. The second kappa shape index (κ2) is 5.87. The van der Waals surface area contributed by atoms with E-state index in [1.54, 1.807) is 0 Å². The fourth-order valence-corrected chi connectivity index (χ4v) is 2.01. The molecule has 0 bridgehead atoms. The van der Waals surface area contributed by atoms with Gasteiger partial charge in [-0.1, -0.05) is 12.1 Å². The zero-order chi connectivity index (χ0) is 13.0. The van der Waals surface area contributed by atoms with Gasteiger partial charge in [-0.2, -0.15) is 0 Å². The Balaban J connectivity index is 1.98. The molecule has 0 atom stereocenters. The normalized spacial score (nSPS) is 11.1. The van der Waals surface area contributed by atoms with Gasteiger partial charge in [-0.05, 0) is 38.4 Å². The third kappa shape index (κ3) is 3.01. The molecule has 2 rings (SSSR count). The van der Waals surface area contributed by atoms with E-state index in [1.807, 2.05) is 13.8 Å². The van der Waals surface area contributed by atoms with Gasteiger partial charge in [0.15, 0.2) is 0 Å². The first kappa shape index (κ1) is 12.9. The Hall–Kier alpha value is -1.55. The monoisotopic (exact) mass is 247 g/mol. The molecule has 0 saturated carbocycles. The van der Waals surface area contributed by atoms with Crippen molar-refractivity contribution in [2.75, 3.05) is 6.54 Å². The van der Waals surface area contributed by atoms with E-state index in [4.69, 9.17) is 4.52 Å². The van der Waals surface area contributed by atoms with Crippen molar-refractivity contribution in [2.24, 2.45) is 0 Å². The van der Waals surface area contributed by atoms with Gasteiger partial charge < -0.3 is 14.4 Å². The van der Waals surface area contributed by atoms with Crippen molar-refractivity contribution in [2.45, 2.75) is 40.3 Å². The average molecular weight is 247 g/mol. The van der Waals surface area contributed by atoms with Crippen LogP contribution in [0.4, 0.5) is 0 Å². The number of rotatable bonds is 6. The zero-order valence-corrected chi connectivity index (χ0v) is 11.4. The first-order valence-corrected chi connectivity index (χ1v) is 6.47. The third-order valence-corrected chi connectivity index (χ3v) is 3.09. The number of hydrogen-bond acceptors (Lipinski definition) is 3. The predicted molar refractivity (Wildman–Crippen MR) is 71.5 cm³/mol. The smallest absolute Gasteiger partial charge is 0.138 e. The first-order chi connectivity index (χ1) is 8.70. The molecule has 98 valence electrons. The van der Waals surface area contributed by atoms with Crippen LogP contribution in [0.5, 0.6) is 0 Å². The largest absolute Gasteiger partial charge is 0.361 e. The molecule has 0 aliphatic carbocycles. The topological polar surface area (TPSA) is 43.0 Å². The van der Waals surface area contributed by atoms with E-state index in [2.05, 4.69) is 40.4 Å². The first-order valence-electron chi connectivity index (χ1n) is 6.47. The molecule has 0 aliphatic heterocycles. The molecule has 2 aromatic rings. The summed E-state index contributed by atoms with van der Waals surface area (Å²) in [4.78, 5) is 0. The summed E-state index contributed by atoms with van der Waals surface area (Å²) in [6.45, 7) is 8.95. The highest BCUT2D eigenvalue weighted by atomic mass is 16.5. The Labute approximate surface area is 108 Å². The van der Waals surface area contributed by atoms with Crippen LogP contribution in [0.1, 0.15) is 35.9 Å². The lowest BCUT2D eigenvalue weighted by atomic mass is 10.2. The summed E-state index contributed by atoms with van der Waals surface area (Å²) in [6.07, 6.45) is 5.45. The molecule has 0 aliphatic rings. The maximum atomic E-state index is 5.18. The van der Waals surface area contributed by atoms with E-state index in [9.17, 15) is 0 Å². The van der Waals surface area contributed by atoms with Gasteiger partial charge >= 0.3 is 0 Å². The van der Waals surface area contributed by atoms with Crippen LogP contribution in [0.25, 0.3) is 0 Å². The summed E-state index contributed by atoms with van der Waals surface area (Å²) in [5.41, 5.74) is 3.47. The van der Waals surface area contributed by atoms with E-state index in [0.29, 0.717) is 0 Å². The summed E-state index contributed by atoms with van der Waals surface area (Å²) < 4.78 is 7.35. The van der Waals surface area contributed by atoms with Crippen LogP contribution in [0, 0.1) is 13.8 Å². The van der Waals surface area contributed by atoms with Gasteiger partial charge in [-0.3, -0.25) is 0 Å². The fourth-order valence-electron chi connectivity index (χ4n) is 2.01. The average Bonchev–Trinajstić information content (AvgIpc) is 2.92. The molecule has 0 aromatic carbocycles. The van der Waals surface area contributed by atoms with Crippen LogP contribution in [-0.4, -0.2) is 16.3 Å².